The topological polar surface area (TPSA) is 136 Å². The summed E-state index contributed by atoms with van der Waals surface area (Å²) >= 11 is 0. The van der Waals surface area contributed by atoms with Gasteiger partial charge < -0.3 is 5.73 Å². The Morgan fingerprint density at radius 2 is 1.74 bits per heavy atom. The van der Waals surface area contributed by atoms with Gasteiger partial charge in [0.05, 0.1) is 23.8 Å². The third-order valence-corrected chi connectivity index (χ3v) is 5.75. The van der Waals surface area contributed by atoms with Crippen LogP contribution in [0, 0.1) is 0 Å². The van der Waals surface area contributed by atoms with Crippen molar-refractivity contribution in [3.63, 3.8) is 0 Å². The molecule has 0 radical (unpaired) electrons. The molecule has 0 spiro atoms. The van der Waals surface area contributed by atoms with Gasteiger partial charge in [0.25, 0.3) is 11.1 Å². The van der Waals surface area contributed by atoms with E-state index in [4.69, 9.17) is 5.73 Å². The summed E-state index contributed by atoms with van der Waals surface area (Å²) in [6, 6.07) is 16.1. The van der Waals surface area contributed by atoms with Crippen molar-refractivity contribution in [1.29, 1.82) is 0 Å². The highest BCUT2D eigenvalue weighted by molar-refractivity contribution is 5.96. The number of H-pyrrole nitrogens is 1. The molecule has 4 rings (SSSR count). The minimum Gasteiger partial charge on any atom is -0.383 e. The Morgan fingerprint density at radius 1 is 1.03 bits per heavy atom. The number of nitrogens with two attached hydrogens (primary N) is 1. The summed E-state index contributed by atoms with van der Waals surface area (Å²) in [6.45, 7) is 1.95. The predicted molar refractivity (Wildman–Crippen MR) is 134 cm³/mol. The fourth-order valence-corrected chi connectivity index (χ4v) is 3.93. The maximum absolute atomic E-state index is 13.7. The van der Waals surface area contributed by atoms with E-state index in [1.54, 1.807) is 24.3 Å². The molecule has 0 saturated heterocycles. The molecule has 180 valence electrons. The van der Waals surface area contributed by atoms with Crippen molar-refractivity contribution in [3.8, 4) is 0 Å². The van der Waals surface area contributed by atoms with Crippen molar-refractivity contribution in [2.24, 2.45) is 0 Å². The zero-order valence-corrected chi connectivity index (χ0v) is 19.3. The van der Waals surface area contributed by atoms with Crippen molar-refractivity contribution in [2.45, 2.75) is 39.4 Å². The van der Waals surface area contributed by atoms with Gasteiger partial charge in [-0.05, 0) is 24.1 Å². The van der Waals surface area contributed by atoms with Crippen LogP contribution >= 0.6 is 0 Å². The number of aromatic nitrogens is 4. The van der Waals surface area contributed by atoms with E-state index in [1.807, 2.05) is 37.3 Å². The number of unbranched alkanes of at least 4 members (excludes halogenated alkanes) is 1. The fourth-order valence-electron chi connectivity index (χ4n) is 3.93. The van der Waals surface area contributed by atoms with Crippen molar-refractivity contribution in [2.75, 3.05) is 10.6 Å². The van der Waals surface area contributed by atoms with Gasteiger partial charge in [-0.25, -0.2) is 9.78 Å². The molecular formula is C25H26N6O4. The van der Waals surface area contributed by atoms with Crippen LogP contribution < -0.4 is 27.4 Å². The Balaban J connectivity index is 1.83. The maximum Gasteiger partial charge on any atom is 0.330 e. The summed E-state index contributed by atoms with van der Waals surface area (Å²) in [5.41, 5.74) is 6.12. The van der Waals surface area contributed by atoms with Gasteiger partial charge in [0.15, 0.2) is 5.69 Å². The van der Waals surface area contributed by atoms with E-state index in [2.05, 4.69) is 9.97 Å². The molecule has 35 heavy (non-hydrogen) atoms. The quantitative estimate of drug-likeness (QED) is 0.400. The highest BCUT2D eigenvalue weighted by Gasteiger charge is 2.25. The minimum absolute atomic E-state index is 0.0245. The summed E-state index contributed by atoms with van der Waals surface area (Å²) in [5.74, 6) is -0.631. The molecule has 10 nitrogen and oxygen atoms in total. The number of aromatic amines is 1. The molecule has 0 bridgehead atoms. The standard InChI is InChI=1S/C25H26N6O4/c1-2-3-13-29-23(26)22(24(34)28-25(29)35)31(15-17-9-5-4-6-10-17)21(33)16-30-19-12-8-7-11-18(19)27-14-20(30)32/h4-12,14H,2-3,13,15-16,26H2,1H3,(H,28,34,35). The van der Waals surface area contributed by atoms with Gasteiger partial charge in [0, 0.05) is 6.54 Å². The molecule has 4 aromatic rings. The van der Waals surface area contributed by atoms with Gasteiger partial charge in [0.1, 0.15) is 12.4 Å². The van der Waals surface area contributed by atoms with Crippen LogP contribution in [0.1, 0.15) is 25.3 Å². The van der Waals surface area contributed by atoms with Crippen LogP contribution in [0.4, 0.5) is 11.5 Å². The largest absolute Gasteiger partial charge is 0.383 e. The number of carbonyl (C=O) groups excluding carboxylic acids is 1. The number of hydrogen-bond donors (Lipinski definition) is 2. The number of nitrogen functional groups attached to an aromatic ring is 1. The molecule has 2 aromatic heterocycles. The van der Waals surface area contributed by atoms with Gasteiger partial charge in [-0.2, -0.15) is 0 Å². The molecule has 0 atom stereocenters. The minimum atomic E-state index is -0.767. The lowest BCUT2D eigenvalue weighted by Gasteiger charge is -2.25. The first-order valence-electron chi connectivity index (χ1n) is 11.3. The molecule has 0 fully saturated rings. The third-order valence-electron chi connectivity index (χ3n) is 5.75. The number of benzene rings is 2. The lowest BCUT2D eigenvalue weighted by molar-refractivity contribution is -0.119. The lowest BCUT2D eigenvalue weighted by Crippen LogP contribution is -2.43. The second kappa shape index (κ2) is 10.2. The fraction of sp³-hybridized carbons (Fsp3) is 0.240. The van der Waals surface area contributed by atoms with Gasteiger partial charge in [0.2, 0.25) is 5.91 Å². The number of para-hydroxylation sites is 2. The summed E-state index contributed by atoms with van der Waals surface area (Å²) in [6.07, 6.45) is 2.63. The van der Waals surface area contributed by atoms with Crippen LogP contribution in [0.5, 0.6) is 0 Å². The van der Waals surface area contributed by atoms with E-state index in [0.717, 1.165) is 18.2 Å². The number of anilines is 2. The van der Waals surface area contributed by atoms with Gasteiger partial charge in [-0.1, -0.05) is 55.8 Å². The molecule has 0 aliphatic rings. The molecular weight excluding hydrogens is 448 g/mol. The first-order chi connectivity index (χ1) is 16.9. The first kappa shape index (κ1) is 23.7. The van der Waals surface area contributed by atoms with Crippen LogP contribution in [0.2, 0.25) is 0 Å². The summed E-state index contributed by atoms with van der Waals surface area (Å²) in [5, 5.41) is 0. The van der Waals surface area contributed by atoms with Crippen LogP contribution in [0.3, 0.4) is 0 Å². The molecule has 2 aromatic carbocycles. The SMILES string of the molecule is CCCCn1c(N)c(N(Cc2ccccc2)C(=O)Cn2c(=O)cnc3ccccc32)c(=O)[nH]c1=O. The maximum atomic E-state index is 13.7. The van der Waals surface area contributed by atoms with Crippen molar-refractivity contribution in [1.82, 2.24) is 19.1 Å². The highest BCUT2D eigenvalue weighted by Crippen LogP contribution is 2.21. The van der Waals surface area contributed by atoms with E-state index in [0.29, 0.717) is 24.0 Å². The Morgan fingerprint density at radius 3 is 2.49 bits per heavy atom. The molecule has 0 saturated carbocycles. The smallest absolute Gasteiger partial charge is 0.330 e. The Bertz CT molecular complexity index is 1540. The van der Waals surface area contributed by atoms with Crippen LogP contribution in [-0.4, -0.2) is 25.0 Å². The van der Waals surface area contributed by atoms with E-state index in [1.165, 1.54) is 14.0 Å². The Labute approximate surface area is 200 Å². The number of fused-ring (bicyclic) bond motifs is 1. The Kier molecular flexibility index (Phi) is 6.91. The highest BCUT2D eigenvalue weighted by atomic mass is 16.2. The zero-order valence-electron chi connectivity index (χ0n) is 19.3. The predicted octanol–water partition coefficient (Wildman–Crippen LogP) is 1.86. The number of hydrogen-bond acceptors (Lipinski definition) is 6. The first-order valence-corrected chi connectivity index (χ1v) is 11.3. The van der Waals surface area contributed by atoms with Crippen LogP contribution in [0.15, 0.2) is 75.2 Å². The molecule has 0 aliphatic carbocycles. The van der Waals surface area contributed by atoms with E-state index in [-0.39, 0.29) is 24.6 Å². The van der Waals surface area contributed by atoms with Gasteiger partial charge >= 0.3 is 5.69 Å². The molecule has 0 aliphatic heterocycles. The lowest BCUT2D eigenvalue weighted by atomic mass is 10.2. The second-order valence-electron chi connectivity index (χ2n) is 8.14. The normalized spacial score (nSPS) is 11.0. The molecule has 0 unspecified atom stereocenters. The average molecular weight is 475 g/mol. The second-order valence-corrected chi connectivity index (χ2v) is 8.14. The Hall–Kier alpha value is -4.47. The number of rotatable bonds is 8. The molecule has 3 N–H and O–H groups in total. The molecule has 1 amide bonds. The van der Waals surface area contributed by atoms with E-state index >= 15 is 0 Å². The van der Waals surface area contributed by atoms with Gasteiger partial charge in [-0.3, -0.25) is 33.4 Å². The van der Waals surface area contributed by atoms with Crippen molar-refractivity contribution in [3.05, 3.63) is 97.5 Å². The average Bonchev–Trinajstić information content (AvgIpc) is 2.85. The number of amides is 1. The van der Waals surface area contributed by atoms with Crippen LogP contribution in [-0.2, 0) is 24.4 Å². The monoisotopic (exact) mass is 474 g/mol. The number of carbonyl (C=O) groups is 1. The summed E-state index contributed by atoms with van der Waals surface area (Å²) in [7, 11) is 0. The van der Waals surface area contributed by atoms with E-state index in [9.17, 15) is 19.2 Å². The van der Waals surface area contributed by atoms with E-state index < -0.39 is 22.7 Å². The number of nitrogens with zero attached hydrogens (tertiary/aromatic N) is 4. The summed E-state index contributed by atoms with van der Waals surface area (Å²) in [4.78, 5) is 59.3. The van der Waals surface area contributed by atoms with Crippen molar-refractivity contribution >= 4 is 28.4 Å². The third kappa shape index (κ3) is 4.91. The molecule has 10 heteroatoms. The molecule has 2 heterocycles. The summed E-state index contributed by atoms with van der Waals surface area (Å²) < 4.78 is 2.57. The van der Waals surface area contributed by atoms with Crippen LogP contribution in [0.25, 0.3) is 11.0 Å². The van der Waals surface area contributed by atoms with Gasteiger partial charge in [-0.15, -0.1) is 0 Å². The van der Waals surface area contributed by atoms with Crippen molar-refractivity contribution < 1.29 is 4.79 Å². The zero-order chi connectivity index (χ0) is 24.9. The number of nitrogens with one attached hydrogen (secondary N) is 1.